The van der Waals surface area contributed by atoms with Crippen molar-refractivity contribution in [2.75, 3.05) is 6.61 Å². The summed E-state index contributed by atoms with van der Waals surface area (Å²) in [6.45, 7) is 6.27. The van der Waals surface area contributed by atoms with Gasteiger partial charge in [-0.25, -0.2) is 0 Å². The lowest BCUT2D eigenvalue weighted by molar-refractivity contribution is -0.146. The molecule has 0 aliphatic rings. The molecular formula is C15H22ClNO2. The first-order chi connectivity index (χ1) is 9.10. The molecule has 3 nitrogen and oxygen atoms in total. The van der Waals surface area contributed by atoms with Gasteiger partial charge in [-0.1, -0.05) is 43.1 Å². The summed E-state index contributed by atoms with van der Waals surface area (Å²) < 4.78 is 5.09. The van der Waals surface area contributed by atoms with Crippen molar-refractivity contribution in [1.29, 1.82) is 0 Å². The minimum absolute atomic E-state index is 0.00894. The number of hydrogen-bond donors (Lipinski definition) is 1. The molecule has 106 valence electrons. The van der Waals surface area contributed by atoms with Gasteiger partial charge in [-0.15, -0.1) is 0 Å². The Labute approximate surface area is 120 Å². The highest BCUT2D eigenvalue weighted by Crippen LogP contribution is 2.23. The number of halogens is 1. The van der Waals surface area contributed by atoms with E-state index in [1.54, 1.807) is 0 Å². The fourth-order valence-corrected chi connectivity index (χ4v) is 2.32. The predicted octanol–water partition coefficient (Wildman–Crippen LogP) is 3.72. The standard InChI is InChI=1S/C15H22ClNO2/c1-4-8-14(15(18)19-5-2)17-11(3)12-9-6-7-10-13(12)16/h6-7,9-11,14,17H,4-5,8H2,1-3H3. The Balaban J connectivity index is 2.73. The molecule has 0 aliphatic carbocycles. The maximum absolute atomic E-state index is 11.9. The van der Waals surface area contributed by atoms with Crippen LogP contribution in [0, 0.1) is 0 Å². The zero-order chi connectivity index (χ0) is 14.3. The SMILES string of the molecule is CCCC(NC(C)c1ccccc1Cl)C(=O)OCC. The van der Waals surface area contributed by atoms with Crippen LogP contribution < -0.4 is 5.32 Å². The van der Waals surface area contributed by atoms with E-state index in [1.807, 2.05) is 45.0 Å². The maximum atomic E-state index is 11.9. The van der Waals surface area contributed by atoms with Crippen LogP contribution >= 0.6 is 11.6 Å². The van der Waals surface area contributed by atoms with Crippen LogP contribution in [0.1, 0.15) is 45.2 Å². The molecule has 0 heterocycles. The van der Waals surface area contributed by atoms with E-state index in [0.717, 1.165) is 18.4 Å². The highest BCUT2D eigenvalue weighted by Gasteiger charge is 2.21. The molecule has 1 rings (SSSR count). The Morgan fingerprint density at radius 3 is 2.63 bits per heavy atom. The van der Waals surface area contributed by atoms with Gasteiger partial charge in [0.2, 0.25) is 0 Å². The van der Waals surface area contributed by atoms with Crippen LogP contribution in [0.2, 0.25) is 5.02 Å². The van der Waals surface area contributed by atoms with E-state index in [-0.39, 0.29) is 18.1 Å². The second-order valence-corrected chi connectivity index (χ2v) is 4.91. The Morgan fingerprint density at radius 1 is 1.37 bits per heavy atom. The smallest absolute Gasteiger partial charge is 0.323 e. The fraction of sp³-hybridized carbons (Fsp3) is 0.533. The first-order valence-electron chi connectivity index (χ1n) is 6.77. The van der Waals surface area contributed by atoms with Gasteiger partial charge in [0.15, 0.2) is 0 Å². The summed E-state index contributed by atoms with van der Waals surface area (Å²) in [4.78, 5) is 11.9. The molecule has 1 aromatic carbocycles. The highest BCUT2D eigenvalue weighted by molar-refractivity contribution is 6.31. The number of carbonyl (C=O) groups is 1. The van der Waals surface area contributed by atoms with Gasteiger partial charge in [0.1, 0.15) is 6.04 Å². The molecule has 1 N–H and O–H groups in total. The van der Waals surface area contributed by atoms with Gasteiger partial charge in [0.25, 0.3) is 0 Å². The van der Waals surface area contributed by atoms with Crippen molar-refractivity contribution >= 4 is 17.6 Å². The van der Waals surface area contributed by atoms with E-state index < -0.39 is 0 Å². The topological polar surface area (TPSA) is 38.3 Å². The van der Waals surface area contributed by atoms with E-state index in [2.05, 4.69) is 5.32 Å². The van der Waals surface area contributed by atoms with Gasteiger partial charge in [-0.05, 0) is 31.9 Å². The number of esters is 1. The van der Waals surface area contributed by atoms with Crippen molar-refractivity contribution in [2.24, 2.45) is 0 Å². The number of carbonyl (C=O) groups excluding carboxylic acids is 1. The predicted molar refractivity (Wildman–Crippen MR) is 78.3 cm³/mol. The fourth-order valence-electron chi connectivity index (χ4n) is 2.02. The quantitative estimate of drug-likeness (QED) is 0.775. The molecule has 2 atom stereocenters. The molecule has 0 spiro atoms. The van der Waals surface area contributed by atoms with Crippen LogP contribution in [-0.2, 0) is 9.53 Å². The summed E-state index contributed by atoms with van der Waals surface area (Å²) in [5.74, 6) is -0.191. The summed E-state index contributed by atoms with van der Waals surface area (Å²) in [5.41, 5.74) is 0.995. The van der Waals surface area contributed by atoms with Gasteiger partial charge in [0.05, 0.1) is 6.61 Å². The number of benzene rings is 1. The lowest BCUT2D eigenvalue weighted by Crippen LogP contribution is -2.39. The highest BCUT2D eigenvalue weighted by atomic mass is 35.5. The van der Waals surface area contributed by atoms with Crippen LogP contribution in [0.5, 0.6) is 0 Å². The summed E-state index contributed by atoms with van der Waals surface area (Å²) in [5, 5.41) is 4.01. The van der Waals surface area contributed by atoms with Crippen molar-refractivity contribution in [3.8, 4) is 0 Å². The third-order valence-corrected chi connectivity index (χ3v) is 3.32. The molecule has 4 heteroatoms. The van der Waals surface area contributed by atoms with Crippen molar-refractivity contribution in [3.63, 3.8) is 0 Å². The molecule has 0 bridgehead atoms. The van der Waals surface area contributed by atoms with Gasteiger partial charge >= 0.3 is 5.97 Å². The summed E-state index contributed by atoms with van der Waals surface area (Å²) >= 11 is 6.16. The van der Waals surface area contributed by atoms with Gasteiger partial charge in [-0.2, -0.15) is 0 Å². The normalized spacial score (nSPS) is 13.9. The largest absolute Gasteiger partial charge is 0.465 e. The minimum Gasteiger partial charge on any atom is -0.465 e. The van der Waals surface area contributed by atoms with E-state index in [4.69, 9.17) is 16.3 Å². The minimum atomic E-state index is -0.281. The monoisotopic (exact) mass is 283 g/mol. The zero-order valence-corrected chi connectivity index (χ0v) is 12.5. The van der Waals surface area contributed by atoms with E-state index >= 15 is 0 Å². The molecule has 1 aromatic rings. The molecular weight excluding hydrogens is 262 g/mol. The van der Waals surface area contributed by atoms with Gasteiger partial charge in [-0.3, -0.25) is 10.1 Å². The van der Waals surface area contributed by atoms with Crippen LogP contribution in [0.25, 0.3) is 0 Å². The second kappa shape index (κ2) is 8.18. The second-order valence-electron chi connectivity index (χ2n) is 4.50. The van der Waals surface area contributed by atoms with Crippen molar-refractivity contribution in [1.82, 2.24) is 5.32 Å². The third kappa shape index (κ3) is 4.84. The van der Waals surface area contributed by atoms with E-state index in [0.29, 0.717) is 11.6 Å². The molecule has 0 saturated carbocycles. The summed E-state index contributed by atoms with van der Waals surface area (Å²) in [6, 6.07) is 7.39. The van der Waals surface area contributed by atoms with Crippen molar-refractivity contribution < 1.29 is 9.53 Å². The lowest BCUT2D eigenvalue weighted by atomic mass is 10.1. The molecule has 0 fully saturated rings. The number of hydrogen-bond acceptors (Lipinski definition) is 3. The van der Waals surface area contributed by atoms with E-state index in [1.165, 1.54) is 0 Å². The van der Waals surface area contributed by atoms with Crippen LogP contribution in [-0.4, -0.2) is 18.6 Å². The average molecular weight is 284 g/mol. The summed E-state index contributed by atoms with van der Waals surface area (Å²) in [6.07, 6.45) is 1.68. The van der Waals surface area contributed by atoms with Crippen LogP contribution in [0.3, 0.4) is 0 Å². The average Bonchev–Trinajstić information content (AvgIpc) is 2.39. The summed E-state index contributed by atoms with van der Waals surface area (Å²) in [7, 11) is 0. The number of ether oxygens (including phenoxy) is 1. The van der Waals surface area contributed by atoms with Crippen LogP contribution in [0.15, 0.2) is 24.3 Å². The first kappa shape index (κ1) is 16.0. The van der Waals surface area contributed by atoms with Gasteiger partial charge < -0.3 is 4.74 Å². The third-order valence-electron chi connectivity index (χ3n) is 2.97. The van der Waals surface area contributed by atoms with Gasteiger partial charge in [0, 0.05) is 11.1 Å². The molecule has 0 amide bonds. The van der Waals surface area contributed by atoms with E-state index in [9.17, 15) is 4.79 Å². The Morgan fingerprint density at radius 2 is 2.05 bits per heavy atom. The lowest BCUT2D eigenvalue weighted by Gasteiger charge is -2.22. The molecule has 19 heavy (non-hydrogen) atoms. The Hall–Kier alpha value is -1.06. The molecule has 0 radical (unpaired) electrons. The zero-order valence-electron chi connectivity index (χ0n) is 11.8. The molecule has 0 aromatic heterocycles. The van der Waals surface area contributed by atoms with Crippen molar-refractivity contribution in [3.05, 3.63) is 34.9 Å². The Bertz CT molecular complexity index is 409. The number of rotatable bonds is 7. The molecule has 0 aliphatic heterocycles. The van der Waals surface area contributed by atoms with Crippen LogP contribution in [0.4, 0.5) is 0 Å². The first-order valence-corrected chi connectivity index (χ1v) is 7.15. The van der Waals surface area contributed by atoms with Crippen molar-refractivity contribution in [2.45, 2.75) is 45.7 Å². The Kier molecular flexibility index (Phi) is 6.89. The maximum Gasteiger partial charge on any atom is 0.323 e. The molecule has 0 saturated heterocycles. The molecule has 2 unspecified atom stereocenters. The number of nitrogens with one attached hydrogen (secondary N) is 1.